The van der Waals surface area contributed by atoms with Crippen molar-refractivity contribution in [2.24, 2.45) is 0 Å². The fourth-order valence-corrected chi connectivity index (χ4v) is 1.96. The molecule has 0 fully saturated rings. The lowest BCUT2D eigenvalue weighted by atomic mass is 10.2. The molecule has 2 aromatic rings. The number of carbonyl (C=O) groups is 2. The Balaban J connectivity index is 1.48. The van der Waals surface area contributed by atoms with Gasteiger partial charge in [-0.25, -0.2) is 0 Å². The number of hydrogen-bond donors (Lipinski definition) is 3. The van der Waals surface area contributed by atoms with Crippen LogP contribution in [0.2, 0.25) is 0 Å². The molecule has 1 unspecified atom stereocenters. The molecule has 0 saturated heterocycles. The van der Waals surface area contributed by atoms with E-state index in [0.29, 0.717) is 23.9 Å². The molecule has 0 saturated carbocycles. The largest absolute Gasteiger partial charge is 0.486 e. The molecule has 22 heavy (non-hydrogen) atoms. The van der Waals surface area contributed by atoms with Crippen LogP contribution in [0.3, 0.4) is 0 Å². The van der Waals surface area contributed by atoms with Crippen molar-refractivity contribution in [1.82, 2.24) is 15.5 Å². The molecule has 2 heterocycles. The number of rotatable bonds is 3. The fourth-order valence-electron chi connectivity index (χ4n) is 1.96. The minimum atomic E-state index is -0.777. The smallest absolute Gasteiger partial charge is 0.314 e. The second-order valence-electron chi connectivity index (χ2n) is 4.63. The van der Waals surface area contributed by atoms with E-state index in [9.17, 15) is 9.59 Å². The second kappa shape index (κ2) is 6.17. The van der Waals surface area contributed by atoms with Crippen LogP contribution in [0.1, 0.15) is 0 Å². The van der Waals surface area contributed by atoms with Crippen LogP contribution in [0.4, 0.5) is 5.82 Å². The summed E-state index contributed by atoms with van der Waals surface area (Å²) in [6.07, 6.45) is 1.12. The Bertz CT molecular complexity index is 671. The summed E-state index contributed by atoms with van der Waals surface area (Å²) >= 11 is 0. The van der Waals surface area contributed by atoms with Crippen molar-refractivity contribution in [1.29, 1.82) is 0 Å². The number of amides is 2. The maximum atomic E-state index is 11.7. The molecule has 8 nitrogen and oxygen atoms in total. The Morgan fingerprint density at radius 3 is 2.82 bits per heavy atom. The average molecular weight is 302 g/mol. The quantitative estimate of drug-likeness (QED) is 0.707. The summed E-state index contributed by atoms with van der Waals surface area (Å²) in [5.74, 6) is 0.113. The number of benzene rings is 1. The van der Waals surface area contributed by atoms with E-state index >= 15 is 0 Å². The summed E-state index contributed by atoms with van der Waals surface area (Å²) in [5, 5.41) is 11.1. The summed E-state index contributed by atoms with van der Waals surface area (Å²) in [6, 6.07) is 8.82. The highest BCUT2D eigenvalue weighted by molar-refractivity contribution is 6.39. The normalized spacial score (nSPS) is 15.9. The standard InChI is InChI=1S/C14H14N4O4/c19-13(14(20)17-12-5-6-16-18-12)15-7-9-8-21-10-3-1-2-4-11(10)22-9/h1-6,9H,7-8H2,(H,15,19)(H2,16,17,18,20). The van der Waals surface area contributed by atoms with Gasteiger partial charge in [-0.05, 0) is 12.1 Å². The number of nitrogens with one attached hydrogen (secondary N) is 3. The third kappa shape index (κ3) is 3.17. The Hall–Kier alpha value is -3.03. The van der Waals surface area contributed by atoms with Crippen LogP contribution in [-0.2, 0) is 9.59 Å². The lowest BCUT2D eigenvalue weighted by Gasteiger charge is -2.26. The van der Waals surface area contributed by atoms with Gasteiger partial charge in [0, 0.05) is 6.07 Å². The van der Waals surface area contributed by atoms with E-state index in [1.54, 1.807) is 12.1 Å². The number of anilines is 1. The molecule has 0 spiro atoms. The summed E-state index contributed by atoms with van der Waals surface area (Å²) in [6.45, 7) is 0.475. The third-order valence-corrected chi connectivity index (χ3v) is 3.01. The Morgan fingerprint density at radius 2 is 2.05 bits per heavy atom. The number of para-hydroxylation sites is 2. The van der Waals surface area contributed by atoms with E-state index in [-0.39, 0.29) is 12.6 Å². The molecule has 3 N–H and O–H groups in total. The molecule has 0 bridgehead atoms. The molecule has 1 aliphatic heterocycles. The van der Waals surface area contributed by atoms with Crippen LogP contribution in [0.5, 0.6) is 11.5 Å². The van der Waals surface area contributed by atoms with Crippen molar-refractivity contribution in [2.75, 3.05) is 18.5 Å². The van der Waals surface area contributed by atoms with Crippen LogP contribution in [-0.4, -0.2) is 41.3 Å². The van der Waals surface area contributed by atoms with E-state index < -0.39 is 11.8 Å². The monoisotopic (exact) mass is 302 g/mol. The van der Waals surface area contributed by atoms with Crippen molar-refractivity contribution in [3.8, 4) is 11.5 Å². The number of aromatic nitrogens is 2. The number of fused-ring (bicyclic) bond motifs is 1. The van der Waals surface area contributed by atoms with Gasteiger partial charge in [0.25, 0.3) is 0 Å². The van der Waals surface area contributed by atoms with Gasteiger partial charge in [-0.15, -0.1) is 0 Å². The summed E-state index contributed by atoms with van der Waals surface area (Å²) in [4.78, 5) is 23.3. The van der Waals surface area contributed by atoms with Gasteiger partial charge < -0.3 is 20.1 Å². The molecule has 1 aromatic heterocycles. The van der Waals surface area contributed by atoms with Crippen molar-refractivity contribution in [3.05, 3.63) is 36.5 Å². The van der Waals surface area contributed by atoms with Crippen LogP contribution in [0.15, 0.2) is 36.5 Å². The number of hydrogen-bond acceptors (Lipinski definition) is 5. The topological polar surface area (TPSA) is 105 Å². The SMILES string of the molecule is O=C(NCC1COc2ccccc2O1)C(=O)Nc1ccn[nH]1. The molecule has 3 rings (SSSR count). The van der Waals surface area contributed by atoms with Crippen LogP contribution in [0.25, 0.3) is 0 Å². The molecule has 1 atom stereocenters. The van der Waals surface area contributed by atoms with Gasteiger partial charge in [0.2, 0.25) is 0 Å². The van der Waals surface area contributed by atoms with Crippen molar-refractivity contribution >= 4 is 17.6 Å². The Kier molecular flexibility index (Phi) is 3.90. The third-order valence-electron chi connectivity index (χ3n) is 3.01. The molecule has 8 heteroatoms. The zero-order valence-electron chi connectivity index (χ0n) is 11.5. The minimum Gasteiger partial charge on any atom is -0.486 e. The lowest BCUT2D eigenvalue weighted by Crippen LogP contribution is -2.44. The maximum Gasteiger partial charge on any atom is 0.314 e. The van der Waals surface area contributed by atoms with Gasteiger partial charge in [0.15, 0.2) is 11.5 Å². The first-order valence-corrected chi connectivity index (χ1v) is 6.69. The highest BCUT2D eigenvalue weighted by atomic mass is 16.6. The molecule has 0 aliphatic carbocycles. The predicted molar refractivity (Wildman–Crippen MR) is 76.6 cm³/mol. The first kappa shape index (κ1) is 13.9. The summed E-state index contributed by atoms with van der Waals surface area (Å²) < 4.78 is 11.2. The molecule has 2 amide bonds. The molecular weight excluding hydrogens is 288 g/mol. The van der Waals surface area contributed by atoms with E-state index in [0.717, 1.165) is 0 Å². The highest BCUT2D eigenvalue weighted by Crippen LogP contribution is 2.30. The van der Waals surface area contributed by atoms with Crippen molar-refractivity contribution < 1.29 is 19.1 Å². The van der Waals surface area contributed by atoms with E-state index in [2.05, 4.69) is 20.8 Å². The zero-order valence-corrected chi connectivity index (χ0v) is 11.5. The zero-order chi connectivity index (χ0) is 15.4. The van der Waals surface area contributed by atoms with Gasteiger partial charge in [-0.1, -0.05) is 12.1 Å². The fraction of sp³-hybridized carbons (Fsp3) is 0.214. The Morgan fingerprint density at radius 1 is 1.23 bits per heavy atom. The van der Waals surface area contributed by atoms with E-state index in [4.69, 9.17) is 9.47 Å². The van der Waals surface area contributed by atoms with Crippen molar-refractivity contribution in [2.45, 2.75) is 6.10 Å². The molecule has 114 valence electrons. The van der Waals surface area contributed by atoms with Gasteiger partial charge in [-0.2, -0.15) is 5.10 Å². The van der Waals surface area contributed by atoms with Crippen LogP contribution in [0, 0.1) is 0 Å². The first-order chi connectivity index (χ1) is 10.7. The highest BCUT2D eigenvalue weighted by Gasteiger charge is 2.22. The first-order valence-electron chi connectivity index (χ1n) is 6.69. The Labute approximate surface area is 125 Å². The number of aromatic amines is 1. The lowest BCUT2D eigenvalue weighted by molar-refractivity contribution is -0.136. The molecule has 1 aromatic carbocycles. The minimum absolute atomic E-state index is 0.170. The molecule has 1 aliphatic rings. The van der Waals surface area contributed by atoms with Gasteiger partial charge in [0.05, 0.1) is 12.7 Å². The number of H-pyrrole nitrogens is 1. The van der Waals surface area contributed by atoms with Crippen molar-refractivity contribution in [3.63, 3.8) is 0 Å². The van der Waals surface area contributed by atoms with Gasteiger partial charge in [0.1, 0.15) is 18.5 Å². The average Bonchev–Trinajstić information content (AvgIpc) is 3.05. The number of nitrogens with zero attached hydrogens (tertiary/aromatic N) is 1. The van der Waals surface area contributed by atoms with Crippen LogP contribution < -0.4 is 20.1 Å². The van der Waals surface area contributed by atoms with E-state index in [1.165, 1.54) is 6.20 Å². The van der Waals surface area contributed by atoms with E-state index in [1.807, 2.05) is 18.2 Å². The molecule has 0 radical (unpaired) electrons. The summed E-state index contributed by atoms with van der Waals surface area (Å²) in [5.41, 5.74) is 0. The van der Waals surface area contributed by atoms with Crippen LogP contribution >= 0.6 is 0 Å². The molecular formula is C14H14N4O4. The summed E-state index contributed by atoms with van der Waals surface area (Å²) in [7, 11) is 0. The second-order valence-corrected chi connectivity index (χ2v) is 4.63. The number of ether oxygens (including phenoxy) is 2. The van der Waals surface area contributed by atoms with Gasteiger partial charge >= 0.3 is 11.8 Å². The predicted octanol–water partition coefficient (Wildman–Crippen LogP) is 0.304. The maximum absolute atomic E-state index is 11.7. The number of carbonyl (C=O) groups excluding carboxylic acids is 2. The van der Waals surface area contributed by atoms with Gasteiger partial charge in [-0.3, -0.25) is 14.7 Å².